The van der Waals surface area contributed by atoms with E-state index in [1.165, 1.54) is 0 Å². The number of carbonyl (C=O) groups excluding carboxylic acids is 2. The summed E-state index contributed by atoms with van der Waals surface area (Å²) in [5, 5.41) is 3.39. The smallest absolute Gasteiger partial charge is 0.326 e. The second-order valence-electron chi connectivity index (χ2n) is 8.21. The summed E-state index contributed by atoms with van der Waals surface area (Å²) in [4.78, 5) is 33.5. The van der Waals surface area contributed by atoms with Crippen LogP contribution in [0, 0.1) is 0 Å². The van der Waals surface area contributed by atoms with Crippen molar-refractivity contribution in [2.24, 2.45) is 4.99 Å². The molecule has 2 aliphatic rings. The molecule has 0 spiro atoms. The summed E-state index contributed by atoms with van der Waals surface area (Å²) >= 11 is 6.06. The minimum absolute atomic E-state index is 0.0200. The van der Waals surface area contributed by atoms with Gasteiger partial charge in [-0.3, -0.25) is 14.7 Å². The van der Waals surface area contributed by atoms with Crippen LogP contribution in [0.15, 0.2) is 47.5 Å². The van der Waals surface area contributed by atoms with Gasteiger partial charge in [0.15, 0.2) is 0 Å². The zero-order valence-electron chi connectivity index (χ0n) is 18.9. The van der Waals surface area contributed by atoms with Crippen molar-refractivity contribution in [3.63, 3.8) is 0 Å². The standard InChI is InChI=1S/C24H27ClN4O4/c1-15(2)33-21-12-18(32-3)8-9-19(21)23-27-20(16-4-6-17(25)7-5-16)13-29(23)24(31)28-11-10-26-22(30)14-28/h4-9,12,15,20H,10-11,13-14H2,1-3H3,(H,26,30)/t20-/m1/s1. The van der Waals surface area contributed by atoms with Crippen molar-refractivity contribution in [3.05, 3.63) is 58.6 Å². The summed E-state index contributed by atoms with van der Waals surface area (Å²) in [6.07, 6.45) is -0.0835. The average Bonchev–Trinajstić information content (AvgIpc) is 3.23. The lowest BCUT2D eigenvalue weighted by Crippen LogP contribution is -2.54. The second-order valence-corrected chi connectivity index (χ2v) is 8.65. The Bertz CT molecular complexity index is 1070. The van der Waals surface area contributed by atoms with E-state index in [1.54, 1.807) is 23.0 Å². The van der Waals surface area contributed by atoms with Crippen LogP contribution in [0.4, 0.5) is 4.79 Å². The molecular formula is C24H27ClN4O4. The SMILES string of the molecule is COc1ccc(C2=N[C@@H](c3ccc(Cl)cc3)CN2C(=O)N2CCNC(=O)C2)c(OC(C)C)c1. The van der Waals surface area contributed by atoms with Gasteiger partial charge in [0.1, 0.15) is 23.9 Å². The van der Waals surface area contributed by atoms with Crippen molar-refractivity contribution in [2.75, 3.05) is 33.3 Å². The maximum Gasteiger partial charge on any atom is 0.326 e. The fraction of sp³-hybridized carbons (Fsp3) is 0.375. The van der Waals surface area contributed by atoms with Gasteiger partial charge in [0.25, 0.3) is 0 Å². The highest BCUT2D eigenvalue weighted by Crippen LogP contribution is 2.34. The van der Waals surface area contributed by atoms with Crippen LogP contribution < -0.4 is 14.8 Å². The zero-order chi connectivity index (χ0) is 23.5. The molecule has 2 heterocycles. The van der Waals surface area contributed by atoms with Gasteiger partial charge in [-0.15, -0.1) is 0 Å². The molecule has 4 rings (SSSR count). The van der Waals surface area contributed by atoms with Gasteiger partial charge < -0.3 is 19.7 Å². The van der Waals surface area contributed by atoms with Crippen molar-refractivity contribution in [2.45, 2.75) is 26.0 Å². The first kappa shape index (κ1) is 22.9. The summed E-state index contributed by atoms with van der Waals surface area (Å²) < 4.78 is 11.4. The number of halogens is 1. The Kier molecular flexibility index (Phi) is 6.74. The van der Waals surface area contributed by atoms with Gasteiger partial charge >= 0.3 is 6.03 Å². The second kappa shape index (κ2) is 9.70. The van der Waals surface area contributed by atoms with E-state index in [0.29, 0.717) is 47.6 Å². The van der Waals surface area contributed by atoms with Crippen molar-refractivity contribution >= 4 is 29.4 Å². The van der Waals surface area contributed by atoms with Crippen molar-refractivity contribution < 1.29 is 19.1 Å². The molecule has 3 amide bonds. The molecule has 0 bridgehead atoms. The molecule has 2 aromatic carbocycles. The number of nitrogens with one attached hydrogen (secondary N) is 1. The first-order valence-corrected chi connectivity index (χ1v) is 11.2. The molecule has 8 nitrogen and oxygen atoms in total. The van der Waals surface area contributed by atoms with Gasteiger partial charge in [0, 0.05) is 24.2 Å². The minimum Gasteiger partial charge on any atom is -0.497 e. The van der Waals surface area contributed by atoms with Crippen LogP contribution in [0.5, 0.6) is 11.5 Å². The van der Waals surface area contributed by atoms with Crippen LogP contribution in [-0.2, 0) is 4.79 Å². The molecule has 1 saturated heterocycles. The molecule has 0 aliphatic carbocycles. The van der Waals surface area contributed by atoms with Gasteiger partial charge in [-0.1, -0.05) is 23.7 Å². The van der Waals surface area contributed by atoms with Gasteiger partial charge in [-0.2, -0.15) is 0 Å². The Balaban J connectivity index is 1.75. The van der Waals surface area contributed by atoms with E-state index in [4.69, 9.17) is 26.1 Å². The summed E-state index contributed by atoms with van der Waals surface area (Å²) in [6, 6.07) is 12.4. The monoisotopic (exact) mass is 470 g/mol. The highest BCUT2D eigenvalue weighted by atomic mass is 35.5. The molecule has 1 atom stereocenters. The number of hydrogen-bond acceptors (Lipinski definition) is 5. The number of ether oxygens (including phenoxy) is 2. The van der Waals surface area contributed by atoms with E-state index in [-0.39, 0.29) is 30.6 Å². The number of amides is 3. The lowest BCUT2D eigenvalue weighted by Gasteiger charge is -2.31. The van der Waals surface area contributed by atoms with Gasteiger partial charge in [-0.25, -0.2) is 4.79 Å². The summed E-state index contributed by atoms with van der Waals surface area (Å²) in [7, 11) is 1.59. The predicted octanol–water partition coefficient (Wildman–Crippen LogP) is 3.49. The molecule has 33 heavy (non-hydrogen) atoms. The molecule has 2 aliphatic heterocycles. The van der Waals surface area contributed by atoms with E-state index in [9.17, 15) is 9.59 Å². The van der Waals surface area contributed by atoms with Crippen molar-refractivity contribution in [3.8, 4) is 11.5 Å². The van der Waals surface area contributed by atoms with E-state index in [0.717, 1.165) is 5.56 Å². The zero-order valence-corrected chi connectivity index (χ0v) is 19.6. The van der Waals surface area contributed by atoms with Gasteiger partial charge in [0.05, 0.1) is 31.4 Å². The number of benzene rings is 2. The Labute approximate surface area is 198 Å². The van der Waals surface area contributed by atoms with Crippen LogP contribution in [0.1, 0.15) is 31.0 Å². The van der Waals surface area contributed by atoms with Crippen LogP contribution in [0.25, 0.3) is 0 Å². The van der Waals surface area contributed by atoms with Crippen LogP contribution in [0.3, 0.4) is 0 Å². The summed E-state index contributed by atoms with van der Waals surface area (Å²) in [5.74, 6) is 1.56. The predicted molar refractivity (Wildman–Crippen MR) is 126 cm³/mol. The van der Waals surface area contributed by atoms with E-state index < -0.39 is 0 Å². The number of aliphatic imine (C=N–C) groups is 1. The van der Waals surface area contributed by atoms with E-state index >= 15 is 0 Å². The van der Waals surface area contributed by atoms with Gasteiger partial charge in [-0.05, 0) is 43.7 Å². The largest absolute Gasteiger partial charge is 0.497 e. The first-order chi connectivity index (χ1) is 15.9. The molecular weight excluding hydrogens is 444 g/mol. The van der Waals surface area contributed by atoms with Crippen LogP contribution in [0.2, 0.25) is 5.02 Å². The normalized spacial score (nSPS) is 18.3. The number of methoxy groups -OCH3 is 1. The number of hydrogen-bond donors (Lipinski definition) is 1. The third kappa shape index (κ3) is 5.06. The molecule has 2 aromatic rings. The number of piperazine rings is 1. The summed E-state index contributed by atoms with van der Waals surface area (Å²) in [6.45, 7) is 5.11. The van der Waals surface area contributed by atoms with Crippen molar-refractivity contribution in [1.29, 1.82) is 0 Å². The first-order valence-electron chi connectivity index (χ1n) is 10.9. The minimum atomic E-state index is -0.270. The molecule has 1 N–H and O–H groups in total. The molecule has 1 fully saturated rings. The number of urea groups is 1. The number of amidine groups is 1. The van der Waals surface area contributed by atoms with Crippen LogP contribution >= 0.6 is 11.6 Å². The molecule has 0 radical (unpaired) electrons. The third-order valence-electron chi connectivity index (χ3n) is 5.48. The molecule has 9 heteroatoms. The Morgan fingerprint density at radius 2 is 1.97 bits per heavy atom. The lowest BCUT2D eigenvalue weighted by molar-refractivity contribution is -0.123. The Hall–Kier alpha value is -3.26. The van der Waals surface area contributed by atoms with Crippen molar-refractivity contribution in [1.82, 2.24) is 15.1 Å². The molecule has 174 valence electrons. The maximum absolute atomic E-state index is 13.5. The highest BCUT2D eigenvalue weighted by molar-refractivity contribution is 6.30. The molecule has 0 unspecified atom stereocenters. The Morgan fingerprint density at radius 1 is 1.21 bits per heavy atom. The van der Waals surface area contributed by atoms with Crippen LogP contribution in [-0.4, -0.2) is 67.0 Å². The third-order valence-corrected chi connectivity index (χ3v) is 5.73. The lowest BCUT2D eigenvalue weighted by atomic mass is 10.1. The number of rotatable bonds is 5. The highest BCUT2D eigenvalue weighted by Gasteiger charge is 2.36. The maximum atomic E-state index is 13.5. The fourth-order valence-electron chi connectivity index (χ4n) is 3.90. The molecule has 0 aromatic heterocycles. The summed E-state index contributed by atoms with van der Waals surface area (Å²) in [5.41, 5.74) is 1.64. The molecule has 0 saturated carbocycles. The number of carbonyl (C=O) groups is 2. The topological polar surface area (TPSA) is 83.5 Å². The van der Waals surface area contributed by atoms with Gasteiger partial charge in [0.2, 0.25) is 5.91 Å². The Morgan fingerprint density at radius 3 is 2.64 bits per heavy atom. The van der Waals surface area contributed by atoms with E-state index in [1.807, 2.05) is 50.2 Å². The fourth-order valence-corrected chi connectivity index (χ4v) is 4.03. The van der Waals surface area contributed by atoms with E-state index in [2.05, 4.69) is 5.32 Å². The quantitative estimate of drug-likeness (QED) is 0.725. The number of nitrogens with zero attached hydrogens (tertiary/aromatic N) is 3. The average molecular weight is 471 g/mol.